The first-order valence-corrected chi connectivity index (χ1v) is 7.80. The number of hydrogen-bond acceptors (Lipinski definition) is 3. The lowest BCUT2D eigenvalue weighted by Crippen LogP contribution is -2.30. The molecule has 2 aromatic carbocycles. The minimum absolute atomic E-state index is 0.113. The fourth-order valence-electron chi connectivity index (χ4n) is 2.72. The van der Waals surface area contributed by atoms with Crippen LogP contribution >= 0.6 is 0 Å². The second kappa shape index (κ2) is 6.28. The summed E-state index contributed by atoms with van der Waals surface area (Å²) in [7, 11) is 0. The van der Waals surface area contributed by atoms with Gasteiger partial charge in [-0.25, -0.2) is 4.68 Å². The van der Waals surface area contributed by atoms with Gasteiger partial charge in [-0.2, -0.15) is 5.10 Å². The lowest BCUT2D eigenvalue weighted by atomic mass is 10.1. The van der Waals surface area contributed by atoms with Crippen molar-refractivity contribution in [2.24, 2.45) is 0 Å². The van der Waals surface area contributed by atoms with Gasteiger partial charge >= 0.3 is 0 Å². The van der Waals surface area contributed by atoms with Gasteiger partial charge < -0.3 is 5.32 Å². The molecule has 24 heavy (non-hydrogen) atoms. The molecule has 0 spiro atoms. The van der Waals surface area contributed by atoms with Crippen LogP contribution in [0.4, 0.5) is 5.69 Å². The highest BCUT2D eigenvalue weighted by Crippen LogP contribution is 2.18. The normalized spacial score (nSPS) is 10.8. The van der Waals surface area contributed by atoms with Gasteiger partial charge in [0, 0.05) is 11.1 Å². The maximum absolute atomic E-state index is 12.5. The Hall–Kier alpha value is -2.95. The quantitative estimate of drug-likeness (QED) is 0.806. The van der Waals surface area contributed by atoms with Crippen LogP contribution in [-0.2, 0) is 11.3 Å². The molecule has 0 radical (unpaired) electrons. The largest absolute Gasteiger partial charge is 0.324 e. The standard InChI is InChI=1S/C19H19N3O2/c1-12-7-6-10-17(13(12)2)20-18(23)11-22-19(24)16-9-5-4-8-15(16)14(3)21-22/h4-10H,11H2,1-3H3,(H,20,23). The topological polar surface area (TPSA) is 64.0 Å². The molecule has 5 heteroatoms. The van der Waals surface area contributed by atoms with Crippen LogP contribution in [0.25, 0.3) is 10.8 Å². The average molecular weight is 321 g/mol. The van der Waals surface area contributed by atoms with Crippen molar-refractivity contribution < 1.29 is 4.79 Å². The summed E-state index contributed by atoms with van der Waals surface area (Å²) in [4.78, 5) is 24.8. The maximum atomic E-state index is 12.5. The van der Waals surface area contributed by atoms with Crippen LogP contribution in [0.3, 0.4) is 0 Å². The first-order chi connectivity index (χ1) is 11.5. The maximum Gasteiger partial charge on any atom is 0.275 e. The van der Waals surface area contributed by atoms with E-state index in [0.717, 1.165) is 27.9 Å². The highest BCUT2D eigenvalue weighted by Gasteiger charge is 2.12. The Morgan fingerprint density at radius 2 is 1.75 bits per heavy atom. The van der Waals surface area contributed by atoms with Crippen LogP contribution in [0.5, 0.6) is 0 Å². The number of carbonyl (C=O) groups is 1. The van der Waals surface area contributed by atoms with Crippen LogP contribution in [0.15, 0.2) is 47.3 Å². The van der Waals surface area contributed by atoms with E-state index in [1.54, 1.807) is 6.07 Å². The summed E-state index contributed by atoms with van der Waals surface area (Å²) in [5.41, 5.74) is 3.34. The number of aromatic nitrogens is 2. The smallest absolute Gasteiger partial charge is 0.275 e. The minimum Gasteiger partial charge on any atom is -0.324 e. The summed E-state index contributed by atoms with van der Waals surface area (Å²) < 4.78 is 1.22. The second-order valence-electron chi connectivity index (χ2n) is 5.89. The predicted octanol–water partition coefficient (Wildman–Crippen LogP) is 2.96. The highest BCUT2D eigenvalue weighted by atomic mass is 16.2. The summed E-state index contributed by atoms with van der Waals surface area (Å²) in [6, 6.07) is 13.0. The molecule has 0 unspecified atom stereocenters. The number of rotatable bonds is 3. The molecule has 0 bridgehead atoms. The van der Waals surface area contributed by atoms with Crippen molar-refractivity contribution in [3.63, 3.8) is 0 Å². The SMILES string of the molecule is Cc1cccc(NC(=O)Cn2nc(C)c3ccccc3c2=O)c1C. The molecule has 0 saturated heterocycles. The number of hydrogen-bond donors (Lipinski definition) is 1. The molecule has 5 nitrogen and oxygen atoms in total. The van der Waals surface area contributed by atoms with Crippen LogP contribution in [0.1, 0.15) is 16.8 Å². The third-order valence-electron chi connectivity index (χ3n) is 4.22. The minimum atomic E-state index is -0.270. The monoisotopic (exact) mass is 321 g/mol. The Morgan fingerprint density at radius 3 is 2.50 bits per heavy atom. The molecule has 0 aliphatic rings. The summed E-state index contributed by atoms with van der Waals surface area (Å²) in [5.74, 6) is -0.270. The van der Waals surface area contributed by atoms with Gasteiger partial charge in [0.15, 0.2) is 0 Å². The molecule has 1 N–H and O–H groups in total. The summed E-state index contributed by atoms with van der Waals surface area (Å²) in [6.45, 7) is 5.66. The second-order valence-corrected chi connectivity index (χ2v) is 5.89. The molecule has 0 aliphatic carbocycles. The molecule has 0 aliphatic heterocycles. The van der Waals surface area contributed by atoms with Crippen LogP contribution in [-0.4, -0.2) is 15.7 Å². The predicted molar refractivity (Wildman–Crippen MR) is 95.3 cm³/mol. The van der Waals surface area contributed by atoms with Gasteiger partial charge in [-0.3, -0.25) is 9.59 Å². The molecule has 3 aromatic rings. The first-order valence-electron chi connectivity index (χ1n) is 7.80. The Kier molecular flexibility index (Phi) is 4.16. The fourth-order valence-corrected chi connectivity index (χ4v) is 2.72. The van der Waals surface area contributed by atoms with Gasteiger partial charge in [-0.1, -0.05) is 30.3 Å². The number of carbonyl (C=O) groups excluding carboxylic acids is 1. The van der Waals surface area contributed by atoms with E-state index in [0.29, 0.717) is 5.39 Å². The van der Waals surface area contributed by atoms with Crippen molar-refractivity contribution in [1.82, 2.24) is 9.78 Å². The number of aryl methyl sites for hydroxylation is 2. The van der Waals surface area contributed by atoms with Crippen molar-refractivity contribution in [3.05, 3.63) is 69.6 Å². The highest BCUT2D eigenvalue weighted by molar-refractivity contribution is 5.91. The summed E-state index contributed by atoms with van der Waals surface area (Å²) in [5, 5.41) is 8.51. The molecule has 3 rings (SSSR count). The number of benzene rings is 2. The van der Waals surface area contributed by atoms with Gasteiger partial charge in [0.05, 0.1) is 11.1 Å². The Balaban J connectivity index is 1.90. The van der Waals surface area contributed by atoms with E-state index >= 15 is 0 Å². The Bertz CT molecular complexity index is 990. The van der Waals surface area contributed by atoms with Crippen LogP contribution < -0.4 is 10.9 Å². The van der Waals surface area contributed by atoms with E-state index in [-0.39, 0.29) is 18.0 Å². The average Bonchev–Trinajstić information content (AvgIpc) is 2.57. The molecular formula is C19H19N3O2. The number of anilines is 1. The van der Waals surface area contributed by atoms with E-state index < -0.39 is 0 Å². The molecule has 1 aromatic heterocycles. The third kappa shape index (κ3) is 2.93. The van der Waals surface area contributed by atoms with Crippen molar-refractivity contribution in [3.8, 4) is 0 Å². The number of nitrogens with zero attached hydrogens (tertiary/aromatic N) is 2. The van der Waals surface area contributed by atoms with E-state index in [2.05, 4.69) is 10.4 Å². The van der Waals surface area contributed by atoms with Crippen LogP contribution in [0.2, 0.25) is 0 Å². The fraction of sp³-hybridized carbons (Fsp3) is 0.211. The third-order valence-corrected chi connectivity index (χ3v) is 4.22. The molecule has 0 atom stereocenters. The van der Waals surface area contributed by atoms with E-state index in [1.165, 1.54) is 4.68 Å². The van der Waals surface area contributed by atoms with Crippen molar-refractivity contribution in [2.45, 2.75) is 27.3 Å². The van der Waals surface area contributed by atoms with E-state index in [9.17, 15) is 9.59 Å². The molecule has 1 amide bonds. The number of amides is 1. The Labute approximate surface area is 139 Å². The molecule has 1 heterocycles. The van der Waals surface area contributed by atoms with Crippen molar-refractivity contribution >= 4 is 22.4 Å². The molecule has 122 valence electrons. The van der Waals surface area contributed by atoms with E-state index in [1.807, 2.05) is 57.2 Å². The lowest BCUT2D eigenvalue weighted by Gasteiger charge is -2.12. The van der Waals surface area contributed by atoms with Crippen molar-refractivity contribution in [2.75, 3.05) is 5.32 Å². The molecule has 0 saturated carbocycles. The zero-order chi connectivity index (χ0) is 17.3. The summed E-state index contributed by atoms with van der Waals surface area (Å²) >= 11 is 0. The van der Waals surface area contributed by atoms with E-state index in [4.69, 9.17) is 0 Å². The van der Waals surface area contributed by atoms with Crippen molar-refractivity contribution in [1.29, 1.82) is 0 Å². The van der Waals surface area contributed by atoms with Gasteiger partial charge in [-0.05, 0) is 44.0 Å². The zero-order valence-electron chi connectivity index (χ0n) is 14.0. The zero-order valence-corrected chi connectivity index (χ0v) is 14.0. The van der Waals surface area contributed by atoms with Gasteiger partial charge in [0.25, 0.3) is 5.56 Å². The van der Waals surface area contributed by atoms with Crippen LogP contribution in [0, 0.1) is 20.8 Å². The molecular weight excluding hydrogens is 302 g/mol. The molecule has 0 fully saturated rings. The van der Waals surface area contributed by atoms with Gasteiger partial charge in [0.2, 0.25) is 5.91 Å². The van der Waals surface area contributed by atoms with Gasteiger partial charge in [-0.15, -0.1) is 0 Å². The number of fused-ring (bicyclic) bond motifs is 1. The van der Waals surface area contributed by atoms with Gasteiger partial charge in [0.1, 0.15) is 6.54 Å². The Morgan fingerprint density at radius 1 is 1.04 bits per heavy atom. The number of nitrogens with one attached hydrogen (secondary N) is 1. The lowest BCUT2D eigenvalue weighted by molar-refractivity contribution is -0.117. The first kappa shape index (κ1) is 15.9. The summed E-state index contributed by atoms with van der Waals surface area (Å²) in [6.07, 6.45) is 0.